The summed E-state index contributed by atoms with van der Waals surface area (Å²) in [5, 5.41) is 2.98. The Morgan fingerprint density at radius 3 is 2.29 bits per heavy atom. The van der Waals surface area contributed by atoms with Crippen molar-refractivity contribution >= 4 is 11.7 Å². The maximum absolute atomic E-state index is 12.9. The fraction of sp³-hybridized carbons (Fsp3) is 0.429. The molecule has 1 aliphatic carbocycles. The molecule has 7 nitrogen and oxygen atoms in total. The monoisotopic (exact) mass is 386 g/mol. The number of amides is 1. The first-order valence-electron chi connectivity index (χ1n) is 9.26. The number of carbonyl (C=O) groups is 2. The van der Waals surface area contributed by atoms with Gasteiger partial charge in [0.1, 0.15) is 5.69 Å². The summed E-state index contributed by atoms with van der Waals surface area (Å²) in [6.07, 6.45) is 2.14. The van der Waals surface area contributed by atoms with Crippen molar-refractivity contribution in [1.29, 1.82) is 0 Å². The van der Waals surface area contributed by atoms with Crippen LogP contribution in [0.1, 0.15) is 63.5 Å². The van der Waals surface area contributed by atoms with Crippen LogP contribution in [-0.2, 0) is 6.42 Å². The third kappa shape index (κ3) is 3.44. The molecule has 2 aromatic rings. The largest absolute Gasteiger partial charge is 0.493 e. The normalized spacial score (nSPS) is 14.2. The number of hydrogen-bond acceptors (Lipinski definition) is 5. The fourth-order valence-electron chi connectivity index (χ4n) is 3.70. The minimum atomic E-state index is -0.309. The SMILES string of the molecule is COc1cc(C(C)NC(=O)c2[nH]c3c(c2C)C(=O)CCC3)cc(OC)c1OC. The highest BCUT2D eigenvalue weighted by Gasteiger charge is 2.27. The van der Waals surface area contributed by atoms with E-state index in [9.17, 15) is 9.59 Å². The average Bonchev–Trinajstić information content (AvgIpc) is 3.04. The first kappa shape index (κ1) is 19.8. The zero-order chi connectivity index (χ0) is 20.4. The number of aromatic amines is 1. The Balaban J connectivity index is 1.87. The zero-order valence-electron chi connectivity index (χ0n) is 16.9. The van der Waals surface area contributed by atoms with E-state index >= 15 is 0 Å². The summed E-state index contributed by atoms with van der Waals surface area (Å²) < 4.78 is 16.1. The van der Waals surface area contributed by atoms with Gasteiger partial charge in [0, 0.05) is 17.7 Å². The predicted molar refractivity (Wildman–Crippen MR) is 105 cm³/mol. The summed E-state index contributed by atoms with van der Waals surface area (Å²) in [6, 6.07) is 3.31. The van der Waals surface area contributed by atoms with Crippen molar-refractivity contribution in [2.45, 2.75) is 39.2 Å². The number of ketones is 1. The number of rotatable bonds is 6. The van der Waals surface area contributed by atoms with Crippen molar-refractivity contribution in [3.05, 3.63) is 40.2 Å². The molecule has 1 aliphatic rings. The lowest BCUT2D eigenvalue weighted by Gasteiger charge is -2.18. The highest BCUT2D eigenvalue weighted by molar-refractivity contribution is 6.04. The van der Waals surface area contributed by atoms with Crippen LogP contribution in [0.25, 0.3) is 0 Å². The molecule has 2 N–H and O–H groups in total. The number of ether oxygens (including phenoxy) is 3. The zero-order valence-corrected chi connectivity index (χ0v) is 16.9. The summed E-state index contributed by atoms with van der Waals surface area (Å²) in [7, 11) is 4.64. The number of methoxy groups -OCH3 is 3. The number of carbonyl (C=O) groups excluding carboxylic acids is 2. The van der Waals surface area contributed by atoms with Gasteiger partial charge in [-0.25, -0.2) is 0 Å². The average molecular weight is 386 g/mol. The second-order valence-corrected chi connectivity index (χ2v) is 6.91. The lowest BCUT2D eigenvalue weighted by atomic mass is 9.94. The van der Waals surface area contributed by atoms with Crippen LogP contribution in [-0.4, -0.2) is 38.0 Å². The van der Waals surface area contributed by atoms with Gasteiger partial charge < -0.3 is 24.5 Å². The molecular formula is C21H26N2O5. The number of fused-ring (bicyclic) bond motifs is 1. The first-order chi connectivity index (χ1) is 13.4. The first-order valence-corrected chi connectivity index (χ1v) is 9.26. The molecule has 0 fully saturated rings. The molecule has 0 aliphatic heterocycles. The van der Waals surface area contributed by atoms with E-state index in [1.807, 2.05) is 26.0 Å². The Labute approximate surface area is 164 Å². The summed E-state index contributed by atoms with van der Waals surface area (Å²) in [5.41, 5.74) is 3.51. The van der Waals surface area contributed by atoms with E-state index < -0.39 is 0 Å². The smallest absolute Gasteiger partial charge is 0.268 e. The van der Waals surface area contributed by atoms with E-state index in [1.54, 1.807) is 21.3 Å². The Bertz CT molecular complexity index is 891. The van der Waals surface area contributed by atoms with Crippen LogP contribution in [0.15, 0.2) is 12.1 Å². The summed E-state index contributed by atoms with van der Waals surface area (Å²) in [6.45, 7) is 3.69. The van der Waals surface area contributed by atoms with Gasteiger partial charge in [0.15, 0.2) is 17.3 Å². The summed E-state index contributed by atoms with van der Waals surface area (Å²) in [5.74, 6) is 1.40. The molecule has 28 heavy (non-hydrogen) atoms. The van der Waals surface area contributed by atoms with Crippen LogP contribution in [0.3, 0.4) is 0 Å². The van der Waals surface area contributed by atoms with Crippen LogP contribution >= 0.6 is 0 Å². The van der Waals surface area contributed by atoms with E-state index in [-0.39, 0.29) is 17.7 Å². The molecule has 7 heteroatoms. The molecule has 1 atom stereocenters. The van der Waals surface area contributed by atoms with Gasteiger partial charge in [0.2, 0.25) is 5.75 Å². The summed E-state index contributed by atoms with van der Waals surface area (Å²) in [4.78, 5) is 28.2. The van der Waals surface area contributed by atoms with Gasteiger partial charge in [0.05, 0.1) is 27.4 Å². The molecule has 1 aromatic heterocycles. The van der Waals surface area contributed by atoms with E-state index in [2.05, 4.69) is 10.3 Å². The number of aryl methyl sites for hydroxylation is 1. The molecule has 3 rings (SSSR count). The van der Waals surface area contributed by atoms with Gasteiger partial charge in [-0.15, -0.1) is 0 Å². The van der Waals surface area contributed by atoms with Gasteiger partial charge in [0.25, 0.3) is 5.91 Å². The van der Waals surface area contributed by atoms with Gasteiger partial charge >= 0.3 is 0 Å². The van der Waals surface area contributed by atoms with Crippen LogP contribution in [0.2, 0.25) is 0 Å². The number of H-pyrrole nitrogens is 1. The minimum absolute atomic E-state index is 0.103. The minimum Gasteiger partial charge on any atom is -0.493 e. The third-order valence-electron chi connectivity index (χ3n) is 5.20. The Hall–Kier alpha value is -2.96. The molecule has 0 saturated carbocycles. The second kappa shape index (κ2) is 7.96. The lowest BCUT2D eigenvalue weighted by Crippen LogP contribution is -2.27. The third-order valence-corrected chi connectivity index (χ3v) is 5.20. The maximum Gasteiger partial charge on any atom is 0.268 e. The van der Waals surface area contributed by atoms with E-state index in [1.165, 1.54) is 0 Å². The van der Waals surface area contributed by atoms with Gasteiger partial charge in [-0.2, -0.15) is 0 Å². The predicted octanol–water partition coefficient (Wildman–Crippen LogP) is 3.36. The molecule has 0 radical (unpaired) electrons. The van der Waals surface area contributed by atoms with E-state index in [0.717, 1.165) is 24.1 Å². The highest BCUT2D eigenvalue weighted by Crippen LogP contribution is 2.39. The number of aromatic nitrogens is 1. The van der Waals surface area contributed by atoms with Gasteiger partial charge in [-0.05, 0) is 49.9 Å². The number of hydrogen-bond donors (Lipinski definition) is 2. The molecule has 1 heterocycles. The van der Waals surface area contributed by atoms with E-state index in [4.69, 9.17) is 14.2 Å². The van der Waals surface area contributed by atoms with Gasteiger partial charge in [-0.1, -0.05) is 0 Å². The highest BCUT2D eigenvalue weighted by atomic mass is 16.5. The molecule has 0 spiro atoms. The summed E-state index contributed by atoms with van der Waals surface area (Å²) >= 11 is 0. The van der Waals surface area contributed by atoms with Gasteiger partial charge in [-0.3, -0.25) is 9.59 Å². The molecule has 1 aromatic carbocycles. The Morgan fingerprint density at radius 1 is 1.11 bits per heavy atom. The van der Waals surface area contributed by atoms with Crippen molar-refractivity contribution in [3.63, 3.8) is 0 Å². The topological polar surface area (TPSA) is 89.7 Å². The van der Waals surface area contributed by atoms with Crippen LogP contribution in [0.4, 0.5) is 0 Å². The second-order valence-electron chi connectivity index (χ2n) is 6.91. The molecule has 0 saturated heterocycles. The number of Topliss-reactive ketones (excluding diaryl/α,β-unsaturated/α-hetero) is 1. The lowest BCUT2D eigenvalue weighted by molar-refractivity contribution is 0.0934. The van der Waals surface area contributed by atoms with Crippen molar-refractivity contribution in [3.8, 4) is 17.2 Å². The quantitative estimate of drug-likeness (QED) is 0.795. The molecule has 0 bridgehead atoms. The van der Waals surface area contributed by atoms with E-state index in [0.29, 0.717) is 40.5 Å². The maximum atomic E-state index is 12.9. The van der Waals surface area contributed by atoms with Crippen molar-refractivity contribution < 1.29 is 23.8 Å². The van der Waals surface area contributed by atoms with Crippen molar-refractivity contribution in [1.82, 2.24) is 10.3 Å². The molecule has 1 amide bonds. The number of benzene rings is 1. The molecular weight excluding hydrogens is 360 g/mol. The molecule has 1 unspecified atom stereocenters. The van der Waals surface area contributed by atoms with Crippen LogP contribution in [0.5, 0.6) is 17.2 Å². The Morgan fingerprint density at radius 2 is 1.75 bits per heavy atom. The standard InChI is InChI=1S/C21H26N2O5/c1-11-18-14(7-6-8-15(18)24)23-19(11)21(25)22-12(2)13-9-16(26-3)20(28-5)17(10-13)27-4/h9-10,12,23H,6-8H2,1-5H3,(H,22,25). The van der Waals surface area contributed by atoms with Crippen molar-refractivity contribution in [2.75, 3.05) is 21.3 Å². The van der Waals surface area contributed by atoms with Crippen molar-refractivity contribution in [2.24, 2.45) is 0 Å². The van der Waals surface area contributed by atoms with Crippen LogP contribution in [0, 0.1) is 6.92 Å². The van der Waals surface area contributed by atoms with Crippen LogP contribution < -0.4 is 19.5 Å². The molecule has 150 valence electrons. The number of nitrogens with one attached hydrogen (secondary N) is 2. The Kier molecular flexibility index (Phi) is 5.63. The fourth-order valence-corrected chi connectivity index (χ4v) is 3.70.